The Labute approximate surface area is 172 Å². The molecule has 0 spiro atoms. The highest BCUT2D eigenvalue weighted by Crippen LogP contribution is 2.37. The maximum atomic E-state index is 11.6. The largest absolute Gasteiger partial charge is 0.494 e. The lowest BCUT2D eigenvalue weighted by molar-refractivity contribution is 0.0601. The van der Waals surface area contributed by atoms with Gasteiger partial charge in [-0.05, 0) is 48.9 Å². The van der Waals surface area contributed by atoms with Crippen molar-refractivity contribution in [3.63, 3.8) is 0 Å². The van der Waals surface area contributed by atoms with Crippen molar-refractivity contribution in [3.05, 3.63) is 65.8 Å². The summed E-state index contributed by atoms with van der Waals surface area (Å²) in [4.78, 5) is 21.4. The highest BCUT2D eigenvalue weighted by molar-refractivity contribution is 7.17. The number of fused-ring (bicyclic) bond motifs is 1. The molecule has 7 heteroatoms. The third-order valence-corrected chi connectivity index (χ3v) is 5.30. The van der Waals surface area contributed by atoms with E-state index in [9.17, 15) is 4.79 Å². The number of anilines is 2. The van der Waals surface area contributed by atoms with E-state index in [4.69, 9.17) is 9.47 Å². The van der Waals surface area contributed by atoms with Gasteiger partial charge in [0.15, 0.2) is 0 Å². The highest BCUT2D eigenvalue weighted by atomic mass is 32.1. The Kier molecular flexibility index (Phi) is 5.39. The predicted molar refractivity (Wildman–Crippen MR) is 115 cm³/mol. The van der Waals surface area contributed by atoms with E-state index in [0.717, 1.165) is 32.8 Å². The zero-order valence-electron chi connectivity index (χ0n) is 16.0. The van der Waals surface area contributed by atoms with Crippen molar-refractivity contribution in [1.82, 2.24) is 9.97 Å². The van der Waals surface area contributed by atoms with Gasteiger partial charge >= 0.3 is 5.97 Å². The molecular weight excluding hydrogens is 386 g/mol. The van der Waals surface area contributed by atoms with Crippen LogP contribution in [0.5, 0.6) is 5.75 Å². The summed E-state index contributed by atoms with van der Waals surface area (Å²) in [5.74, 6) is 1.19. The van der Waals surface area contributed by atoms with Crippen LogP contribution in [0, 0.1) is 0 Å². The number of esters is 1. The summed E-state index contributed by atoms with van der Waals surface area (Å²) in [5.41, 5.74) is 3.44. The van der Waals surface area contributed by atoms with Crippen molar-refractivity contribution in [2.24, 2.45) is 0 Å². The molecule has 0 saturated carbocycles. The number of hydrogen-bond acceptors (Lipinski definition) is 7. The number of carbonyl (C=O) groups excluding carboxylic acids is 1. The number of nitrogens with zero attached hydrogens (tertiary/aromatic N) is 2. The standard InChI is InChI=1S/C22H19N3O3S/c1-3-28-17-10-6-14(7-11-17)18-12-29-21-19(18)20(23-13-24-21)25-16-8-4-15(5-9-16)22(26)27-2/h4-13H,3H2,1-2H3,(H,23,24,25). The first-order chi connectivity index (χ1) is 14.2. The van der Waals surface area contributed by atoms with Gasteiger partial charge in [0.2, 0.25) is 0 Å². The van der Waals surface area contributed by atoms with E-state index in [1.807, 2.05) is 43.3 Å². The second kappa shape index (κ2) is 8.28. The highest BCUT2D eigenvalue weighted by Gasteiger charge is 2.14. The number of ether oxygens (including phenoxy) is 2. The third kappa shape index (κ3) is 3.90. The van der Waals surface area contributed by atoms with Gasteiger partial charge in [0.1, 0.15) is 22.7 Å². The van der Waals surface area contributed by atoms with Gasteiger partial charge in [-0.1, -0.05) is 12.1 Å². The Bertz CT molecular complexity index is 1140. The Morgan fingerprint density at radius 3 is 2.52 bits per heavy atom. The molecule has 29 heavy (non-hydrogen) atoms. The van der Waals surface area contributed by atoms with Gasteiger partial charge in [0, 0.05) is 16.6 Å². The maximum Gasteiger partial charge on any atom is 0.337 e. The van der Waals surface area contributed by atoms with Crippen molar-refractivity contribution < 1.29 is 14.3 Å². The predicted octanol–water partition coefficient (Wildman–Crippen LogP) is 5.29. The zero-order chi connectivity index (χ0) is 20.2. The van der Waals surface area contributed by atoms with E-state index < -0.39 is 0 Å². The van der Waals surface area contributed by atoms with Crippen molar-refractivity contribution in [1.29, 1.82) is 0 Å². The summed E-state index contributed by atoms with van der Waals surface area (Å²) < 4.78 is 10.3. The average molecular weight is 405 g/mol. The van der Waals surface area contributed by atoms with Gasteiger partial charge < -0.3 is 14.8 Å². The van der Waals surface area contributed by atoms with Gasteiger partial charge in [-0.25, -0.2) is 14.8 Å². The summed E-state index contributed by atoms with van der Waals surface area (Å²) in [5, 5.41) is 6.38. The molecule has 0 fully saturated rings. The molecule has 0 unspecified atom stereocenters. The zero-order valence-corrected chi connectivity index (χ0v) is 16.8. The van der Waals surface area contributed by atoms with Gasteiger partial charge in [-0.15, -0.1) is 11.3 Å². The van der Waals surface area contributed by atoms with Crippen molar-refractivity contribution >= 4 is 39.0 Å². The first kappa shape index (κ1) is 18.9. The van der Waals surface area contributed by atoms with Crippen LogP contribution in [0.2, 0.25) is 0 Å². The summed E-state index contributed by atoms with van der Waals surface area (Å²) >= 11 is 1.57. The van der Waals surface area contributed by atoms with E-state index in [0.29, 0.717) is 18.0 Å². The van der Waals surface area contributed by atoms with Gasteiger partial charge in [-0.2, -0.15) is 0 Å². The van der Waals surface area contributed by atoms with Crippen LogP contribution in [0.25, 0.3) is 21.3 Å². The summed E-state index contributed by atoms with van der Waals surface area (Å²) in [6.07, 6.45) is 1.55. The first-order valence-corrected chi connectivity index (χ1v) is 9.98. The fourth-order valence-electron chi connectivity index (χ4n) is 3.02. The Morgan fingerprint density at radius 2 is 1.83 bits per heavy atom. The molecule has 0 atom stereocenters. The quantitative estimate of drug-likeness (QED) is 0.440. The Morgan fingerprint density at radius 1 is 1.07 bits per heavy atom. The molecule has 1 N–H and O–H groups in total. The summed E-state index contributed by atoms with van der Waals surface area (Å²) in [6.45, 7) is 2.60. The summed E-state index contributed by atoms with van der Waals surface area (Å²) in [7, 11) is 1.37. The van der Waals surface area contributed by atoms with Crippen LogP contribution in [0.4, 0.5) is 11.5 Å². The van der Waals surface area contributed by atoms with Crippen LogP contribution in [0.1, 0.15) is 17.3 Å². The van der Waals surface area contributed by atoms with E-state index in [1.165, 1.54) is 7.11 Å². The molecule has 4 aromatic rings. The first-order valence-electron chi connectivity index (χ1n) is 9.10. The van der Waals surface area contributed by atoms with Gasteiger partial charge in [0.05, 0.1) is 24.7 Å². The topological polar surface area (TPSA) is 73.3 Å². The number of hydrogen-bond donors (Lipinski definition) is 1. The lowest BCUT2D eigenvalue weighted by atomic mass is 10.1. The van der Waals surface area contributed by atoms with Crippen LogP contribution in [0.3, 0.4) is 0 Å². The number of nitrogens with one attached hydrogen (secondary N) is 1. The molecule has 0 amide bonds. The maximum absolute atomic E-state index is 11.6. The van der Waals surface area contributed by atoms with Crippen LogP contribution < -0.4 is 10.1 Å². The molecule has 2 heterocycles. The normalized spacial score (nSPS) is 10.7. The Hall–Kier alpha value is -3.45. The van der Waals surface area contributed by atoms with Crippen molar-refractivity contribution in [2.75, 3.05) is 19.0 Å². The third-order valence-electron chi connectivity index (χ3n) is 4.42. The fourth-order valence-corrected chi connectivity index (χ4v) is 3.94. The SMILES string of the molecule is CCOc1ccc(-c2csc3ncnc(Nc4ccc(C(=O)OC)cc4)c23)cc1. The van der Waals surface area contributed by atoms with Crippen molar-refractivity contribution in [3.8, 4) is 16.9 Å². The minimum Gasteiger partial charge on any atom is -0.494 e. The van der Waals surface area contributed by atoms with Gasteiger partial charge in [-0.3, -0.25) is 0 Å². The monoisotopic (exact) mass is 405 g/mol. The number of carbonyl (C=O) groups is 1. The second-order valence-corrected chi connectivity index (χ2v) is 7.06. The molecule has 4 rings (SSSR count). The van der Waals surface area contributed by atoms with E-state index in [-0.39, 0.29) is 5.97 Å². The minimum absolute atomic E-state index is 0.364. The smallest absolute Gasteiger partial charge is 0.337 e. The molecular formula is C22H19N3O3S. The molecule has 0 bridgehead atoms. The van der Waals surface area contributed by atoms with Crippen LogP contribution >= 0.6 is 11.3 Å². The van der Waals surface area contributed by atoms with Crippen LogP contribution in [-0.4, -0.2) is 29.7 Å². The molecule has 146 valence electrons. The number of aromatic nitrogens is 2. The molecule has 0 aliphatic carbocycles. The number of rotatable bonds is 6. The molecule has 2 aromatic carbocycles. The number of methoxy groups -OCH3 is 1. The molecule has 0 saturated heterocycles. The molecule has 0 radical (unpaired) electrons. The molecule has 6 nitrogen and oxygen atoms in total. The number of benzene rings is 2. The minimum atomic E-state index is -0.364. The van der Waals surface area contributed by atoms with Crippen LogP contribution in [0.15, 0.2) is 60.2 Å². The van der Waals surface area contributed by atoms with Gasteiger partial charge in [0.25, 0.3) is 0 Å². The lowest BCUT2D eigenvalue weighted by Crippen LogP contribution is -2.01. The summed E-state index contributed by atoms with van der Waals surface area (Å²) in [6, 6.07) is 15.1. The average Bonchev–Trinajstić information content (AvgIpc) is 3.20. The lowest BCUT2D eigenvalue weighted by Gasteiger charge is -2.09. The Balaban J connectivity index is 1.68. The molecule has 0 aliphatic heterocycles. The van der Waals surface area contributed by atoms with Crippen molar-refractivity contribution in [2.45, 2.75) is 6.92 Å². The number of thiophene rings is 1. The van der Waals surface area contributed by atoms with E-state index in [1.54, 1.807) is 29.8 Å². The van der Waals surface area contributed by atoms with E-state index in [2.05, 4.69) is 20.7 Å². The fraction of sp³-hybridized carbons (Fsp3) is 0.136. The van der Waals surface area contributed by atoms with Crippen LogP contribution in [-0.2, 0) is 4.74 Å². The molecule has 2 aromatic heterocycles. The molecule has 0 aliphatic rings. The van der Waals surface area contributed by atoms with E-state index >= 15 is 0 Å². The second-order valence-electron chi connectivity index (χ2n) is 6.20.